The third-order valence-corrected chi connectivity index (χ3v) is 4.21. The number of nitrogens with zero attached hydrogens (tertiary/aromatic N) is 1. The van der Waals surface area contributed by atoms with Crippen LogP contribution in [-0.4, -0.2) is 46.0 Å². The molecule has 0 radical (unpaired) electrons. The van der Waals surface area contributed by atoms with Crippen molar-refractivity contribution >= 4 is 28.3 Å². The molecular formula is C13H22ClN3O4S. The van der Waals surface area contributed by atoms with Gasteiger partial charge in [-0.2, -0.15) is 0 Å². The van der Waals surface area contributed by atoms with Crippen molar-refractivity contribution in [3.8, 4) is 0 Å². The number of hydrogen-bond donors (Lipinski definition) is 2. The van der Waals surface area contributed by atoms with Crippen LogP contribution in [0.1, 0.15) is 18.5 Å². The molecule has 0 saturated heterocycles. The lowest BCUT2D eigenvalue weighted by molar-refractivity contribution is -0.134. The molecular weight excluding hydrogens is 330 g/mol. The Hall–Kier alpha value is -1.19. The molecule has 0 saturated carbocycles. The number of amides is 1. The molecule has 0 fully saturated rings. The van der Waals surface area contributed by atoms with Crippen LogP contribution in [0.3, 0.4) is 0 Å². The number of carbonyl (C=O) groups excluding carboxylic acids is 1. The standard InChI is InChI=1S/C13H21N3O4S.ClH/c1-9(16(2)13(17)12(14)8-20-3)10-4-6-11(7-5-10)21(15,18)19;/h4-7,9,12H,8,14H2,1-3H3,(H2,15,18,19);1H. The molecule has 0 heterocycles. The maximum atomic E-state index is 12.1. The van der Waals surface area contributed by atoms with E-state index in [1.165, 1.54) is 24.1 Å². The monoisotopic (exact) mass is 351 g/mol. The molecule has 7 nitrogen and oxygen atoms in total. The summed E-state index contributed by atoms with van der Waals surface area (Å²) in [7, 11) is -0.610. The number of ether oxygens (including phenoxy) is 1. The Bertz CT molecular complexity index is 592. The van der Waals surface area contributed by atoms with Crippen molar-refractivity contribution in [1.82, 2.24) is 4.90 Å². The molecule has 2 atom stereocenters. The maximum absolute atomic E-state index is 12.1. The number of hydrogen-bond acceptors (Lipinski definition) is 5. The topological polar surface area (TPSA) is 116 Å². The van der Waals surface area contributed by atoms with Gasteiger partial charge in [-0.05, 0) is 24.6 Å². The summed E-state index contributed by atoms with van der Waals surface area (Å²) < 4.78 is 27.3. The molecule has 1 amide bonds. The molecule has 126 valence electrons. The van der Waals surface area contributed by atoms with Crippen molar-refractivity contribution in [3.05, 3.63) is 29.8 Å². The number of halogens is 1. The number of primary sulfonamides is 1. The first-order valence-electron chi connectivity index (χ1n) is 6.32. The molecule has 0 aliphatic heterocycles. The summed E-state index contributed by atoms with van der Waals surface area (Å²) in [6, 6.07) is 5.08. The van der Waals surface area contributed by atoms with Crippen molar-refractivity contribution < 1.29 is 17.9 Å². The zero-order valence-electron chi connectivity index (χ0n) is 12.7. The minimum absolute atomic E-state index is 0. The SMILES string of the molecule is COCC(N)C(=O)N(C)C(C)c1ccc(S(N)(=O)=O)cc1.Cl. The van der Waals surface area contributed by atoms with E-state index in [2.05, 4.69) is 0 Å². The number of carbonyl (C=O) groups is 1. The van der Waals surface area contributed by atoms with Gasteiger partial charge in [0.1, 0.15) is 6.04 Å². The van der Waals surface area contributed by atoms with Crippen LogP contribution in [0.15, 0.2) is 29.2 Å². The van der Waals surface area contributed by atoms with Crippen LogP contribution in [-0.2, 0) is 19.6 Å². The first-order valence-corrected chi connectivity index (χ1v) is 7.87. The normalized spacial score (nSPS) is 13.9. The van der Waals surface area contributed by atoms with E-state index in [0.29, 0.717) is 0 Å². The number of benzene rings is 1. The van der Waals surface area contributed by atoms with Crippen LogP contribution in [0.5, 0.6) is 0 Å². The summed E-state index contributed by atoms with van der Waals surface area (Å²) in [5.41, 5.74) is 6.49. The maximum Gasteiger partial charge on any atom is 0.242 e. The Labute approximate surface area is 137 Å². The largest absolute Gasteiger partial charge is 0.383 e. The fraction of sp³-hybridized carbons (Fsp3) is 0.462. The van der Waals surface area contributed by atoms with Gasteiger partial charge in [-0.15, -0.1) is 12.4 Å². The van der Waals surface area contributed by atoms with Gasteiger partial charge in [0.15, 0.2) is 0 Å². The van der Waals surface area contributed by atoms with Gasteiger partial charge in [-0.3, -0.25) is 4.79 Å². The highest BCUT2D eigenvalue weighted by Gasteiger charge is 2.23. The molecule has 0 spiro atoms. The van der Waals surface area contributed by atoms with Gasteiger partial charge in [0.2, 0.25) is 15.9 Å². The van der Waals surface area contributed by atoms with Crippen LogP contribution >= 0.6 is 12.4 Å². The minimum Gasteiger partial charge on any atom is -0.383 e. The van der Waals surface area contributed by atoms with Crippen molar-refractivity contribution in [3.63, 3.8) is 0 Å². The van der Waals surface area contributed by atoms with E-state index in [1.807, 2.05) is 6.92 Å². The lowest BCUT2D eigenvalue weighted by atomic mass is 10.1. The number of likely N-dealkylation sites (N-methyl/N-ethyl adjacent to an activating group) is 1. The highest BCUT2D eigenvalue weighted by atomic mass is 35.5. The Balaban J connectivity index is 0.00000441. The van der Waals surface area contributed by atoms with Gasteiger partial charge in [-0.25, -0.2) is 13.6 Å². The minimum atomic E-state index is -3.72. The lowest BCUT2D eigenvalue weighted by Gasteiger charge is -2.27. The van der Waals surface area contributed by atoms with Gasteiger partial charge < -0.3 is 15.4 Å². The number of sulfonamides is 1. The van der Waals surface area contributed by atoms with E-state index in [-0.39, 0.29) is 35.9 Å². The summed E-state index contributed by atoms with van der Waals surface area (Å²) >= 11 is 0. The molecule has 0 bridgehead atoms. The van der Waals surface area contributed by atoms with Crippen LogP contribution < -0.4 is 10.9 Å². The van der Waals surface area contributed by atoms with Crippen molar-refractivity contribution in [1.29, 1.82) is 0 Å². The summed E-state index contributed by atoms with van der Waals surface area (Å²) in [5.74, 6) is -0.250. The zero-order valence-corrected chi connectivity index (χ0v) is 14.4. The second-order valence-corrected chi connectivity index (χ2v) is 6.36. The highest BCUT2D eigenvalue weighted by Crippen LogP contribution is 2.20. The summed E-state index contributed by atoms with van der Waals surface area (Å²) in [6.45, 7) is 1.96. The van der Waals surface area contributed by atoms with Gasteiger partial charge in [-0.1, -0.05) is 12.1 Å². The smallest absolute Gasteiger partial charge is 0.242 e. The Morgan fingerprint density at radius 1 is 1.32 bits per heavy atom. The van der Waals surface area contributed by atoms with Crippen LogP contribution in [0, 0.1) is 0 Å². The molecule has 1 rings (SSSR count). The molecule has 1 aromatic rings. The second-order valence-electron chi connectivity index (χ2n) is 4.80. The fourth-order valence-corrected chi connectivity index (χ4v) is 2.38. The third-order valence-electron chi connectivity index (χ3n) is 3.28. The van der Waals surface area contributed by atoms with Crippen LogP contribution in [0.25, 0.3) is 0 Å². The Morgan fingerprint density at radius 3 is 2.23 bits per heavy atom. The second kappa shape index (κ2) is 8.44. The van der Waals surface area contributed by atoms with E-state index >= 15 is 0 Å². The fourth-order valence-electron chi connectivity index (χ4n) is 1.86. The highest BCUT2D eigenvalue weighted by molar-refractivity contribution is 7.89. The first-order chi connectivity index (χ1) is 9.68. The van der Waals surface area contributed by atoms with Gasteiger partial charge in [0.25, 0.3) is 0 Å². The number of nitrogens with two attached hydrogens (primary N) is 2. The van der Waals surface area contributed by atoms with E-state index in [0.717, 1.165) is 5.56 Å². The molecule has 9 heteroatoms. The predicted octanol–water partition coefficient (Wildman–Crippen LogP) is 0.249. The van der Waals surface area contributed by atoms with E-state index in [9.17, 15) is 13.2 Å². The third kappa shape index (κ3) is 5.22. The van der Waals surface area contributed by atoms with Crippen LogP contribution in [0.2, 0.25) is 0 Å². The van der Waals surface area contributed by atoms with Crippen molar-refractivity contribution in [2.45, 2.75) is 23.9 Å². The molecule has 1 aromatic carbocycles. The van der Waals surface area contributed by atoms with E-state index in [1.54, 1.807) is 19.2 Å². The average Bonchev–Trinajstić information content (AvgIpc) is 2.44. The number of rotatable bonds is 6. The molecule has 4 N–H and O–H groups in total. The molecule has 22 heavy (non-hydrogen) atoms. The summed E-state index contributed by atoms with van der Waals surface area (Å²) in [6.07, 6.45) is 0. The molecule has 2 unspecified atom stereocenters. The Kier molecular flexibility index (Phi) is 7.99. The van der Waals surface area contributed by atoms with Gasteiger partial charge >= 0.3 is 0 Å². The molecule has 0 aliphatic carbocycles. The quantitative estimate of drug-likeness (QED) is 0.762. The lowest BCUT2D eigenvalue weighted by Crippen LogP contribution is -2.45. The summed E-state index contributed by atoms with van der Waals surface area (Å²) in [5, 5.41) is 5.04. The predicted molar refractivity (Wildman–Crippen MR) is 86.1 cm³/mol. The van der Waals surface area contributed by atoms with Crippen LogP contribution in [0.4, 0.5) is 0 Å². The molecule has 0 aromatic heterocycles. The van der Waals surface area contributed by atoms with Gasteiger partial charge in [0.05, 0.1) is 17.5 Å². The Morgan fingerprint density at radius 2 is 1.82 bits per heavy atom. The van der Waals surface area contributed by atoms with E-state index < -0.39 is 16.1 Å². The van der Waals surface area contributed by atoms with Gasteiger partial charge in [0, 0.05) is 14.2 Å². The van der Waals surface area contributed by atoms with Crippen molar-refractivity contribution in [2.24, 2.45) is 10.9 Å². The average molecular weight is 352 g/mol. The zero-order chi connectivity index (χ0) is 16.2. The number of methoxy groups -OCH3 is 1. The first kappa shape index (κ1) is 20.8. The molecule has 0 aliphatic rings. The van der Waals surface area contributed by atoms with Crippen molar-refractivity contribution in [2.75, 3.05) is 20.8 Å². The summed E-state index contributed by atoms with van der Waals surface area (Å²) in [4.78, 5) is 13.6. The van der Waals surface area contributed by atoms with E-state index in [4.69, 9.17) is 15.6 Å².